The van der Waals surface area contributed by atoms with Crippen molar-refractivity contribution in [2.24, 2.45) is 5.92 Å². The Balaban J connectivity index is 1.56. The van der Waals surface area contributed by atoms with Crippen LogP contribution in [0.1, 0.15) is 28.8 Å². The van der Waals surface area contributed by atoms with Gasteiger partial charge in [-0.1, -0.05) is 0 Å². The van der Waals surface area contributed by atoms with Crippen molar-refractivity contribution in [2.45, 2.75) is 19.0 Å². The third kappa shape index (κ3) is 5.28. The number of halogens is 3. The van der Waals surface area contributed by atoms with E-state index >= 15 is 0 Å². The van der Waals surface area contributed by atoms with E-state index in [4.69, 9.17) is 9.47 Å². The van der Waals surface area contributed by atoms with Gasteiger partial charge in [0, 0.05) is 36.3 Å². The maximum Gasteiger partial charge on any atom is 0.416 e. The Morgan fingerprint density at radius 1 is 0.968 bits per heavy atom. The number of alkyl halides is 3. The molecule has 2 aromatic rings. The Morgan fingerprint density at radius 3 is 2.13 bits per heavy atom. The number of piperidine rings is 1. The van der Waals surface area contributed by atoms with Crippen LogP contribution in [0.3, 0.4) is 0 Å². The number of nitrogens with one attached hydrogen (secondary N) is 1. The number of hydrogen-bond acceptors (Lipinski definition) is 4. The molecule has 1 heterocycles. The first kappa shape index (κ1) is 22.5. The van der Waals surface area contributed by atoms with Gasteiger partial charge in [0.25, 0.3) is 5.91 Å². The van der Waals surface area contributed by atoms with Crippen molar-refractivity contribution in [1.29, 1.82) is 0 Å². The molecule has 31 heavy (non-hydrogen) atoms. The van der Waals surface area contributed by atoms with Crippen LogP contribution < -0.4 is 14.8 Å². The van der Waals surface area contributed by atoms with Gasteiger partial charge in [-0.25, -0.2) is 0 Å². The van der Waals surface area contributed by atoms with Crippen LogP contribution in [0.4, 0.5) is 18.9 Å². The van der Waals surface area contributed by atoms with Crippen LogP contribution in [0.25, 0.3) is 0 Å². The van der Waals surface area contributed by atoms with Crippen molar-refractivity contribution < 1.29 is 32.2 Å². The third-order valence-corrected chi connectivity index (χ3v) is 5.26. The van der Waals surface area contributed by atoms with Gasteiger partial charge in [-0.05, 0) is 49.2 Å². The van der Waals surface area contributed by atoms with Gasteiger partial charge in [0.05, 0.1) is 19.8 Å². The Kier molecular flexibility index (Phi) is 6.72. The maximum atomic E-state index is 12.7. The highest BCUT2D eigenvalue weighted by atomic mass is 19.4. The second-order valence-electron chi connectivity index (χ2n) is 7.20. The number of carbonyl (C=O) groups is 2. The van der Waals surface area contributed by atoms with Gasteiger partial charge in [0.15, 0.2) is 11.5 Å². The Labute approximate surface area is 177 Å². The lowest BCUT2D eigenvalue weighted by Crippen LogP contribution is -2.41. The number of carbonyl (C=O) groups excluding carboxylic acids is 2. The van der Waals surface area contributed by atoms with E-state index in [-0.39, 0.29) is 23.3 Å². The molecule has 0 atom stereocenters. The van der Waals surface area contributed by atoms with Crippen LogP contribution in [-0.2, 0) is 11.0 Å². The van der Waals surface area contributed by atoms with E-state index in [2.05, 4.69) is 5.32 Å². The van der Waals surface area contributed by atoms with Gasteiger partial charge in [-0.15, -0.1) is 0 Å². The number of anilines is 1. The molecular formula is C22H23F3N2O4. The summed E-state index contributed by atoms with van der Waals surface area (Å²) < 4.78 is 48.5. The number of benzene rings is 2. The summed E-state index contributed by atoms with van der Waals surface area (Å²) in [5.41, 5.74) is -0.0262. The molecule has 0 saturated carbocycles. The van der Waals surface area contributed by atoms with Crippen molar-refractivity contribution in [3.63, 3.8) is 0 Å². The zero-order chi connectivity index (χ0) is 22.6. The number of rotatable bonds is 5. The van der Waals surface area contributed by atoms with E-state index in [9.17, 15) is 22.8 Å². The maximum absolute atomic E-state index is 12.7. The molecular weight excluding hydrogens is 413 g/mol. The van der Waals surface area contributed by atoms with Gasteiger partial charge >= 0.3 is 6.18 Å². The largest absolute Gasteiger partial charge is 0.493 e. The lowest BCUT2D eigenvalue weighted by atomic mass is 9.95. The number of hydrogen-bond donors (Lipinski definition) is 1. The molecule has 9 heteroatoms. The van der Waals surface area contributed by atoms with Gasteiger partial charge in [0.1, 0.15) is 0 Å². The van der Waals surface area contributed by atoms with Gasteiger partial charge in [0.2, 0.25) is 5.91 Å². The van der Waals surface area contributed by atoms with Crippen molar-refractivity contribution in [3.8, 4) is 11.5 Å². The number of methoxy groups -OCH3 is 2. The second kappa shape index (κ2) is 9.28. The molecule has 1 N–H and O–H groups in total. The predicted molar refractivity (Wildman–Crippen MR) is 108 cm³/mol. The normalized spacial score (nSPS) is 14.8. The first-order valence-corrected chi connectivity index (χ1v) is 9.72. The van der Waals surface area contributed by atoms with E-state index in [1.807, 2.05) is 0 Å². The molecule has 166 valence electrons. The molecule has 1 saturated heterocycles. The smallest absolute Gasteiger partial charge is 0.416 e. The van der Waals surface area contributed by atoms with E-state index in [1.165, 1.54) is 26.4 Å². The Morgan fingerprint density at radius 2 is 1.58 bits per heavy atom. The first-order valence-electron chi connectivity index (χ1n) is 9.72. The highest BCUT2D eigenvalue weighted by Gasteiger charge is 2.31. The van der Waals surface area contributed by atoms with Crippen molar-refractivity contribution in [2.75, 3.05) is 32.6 Å². The number of ether oxygens (including phenoxy) is 2. The lowest BCUT2D eigenvalue weighted by molar-refractivity contribution is -0.137. The molecule has 0 aromatic heterocycles. The topological polar surface area (TPSA) is 67.9 Å². The van der Waals surface area contributed by atoms with Gasteiger partial charge in [-0.2, -0.15) is 13.2 Å². The molecule has 0 radical (unpaired) electrons. The minimum Gasteiger partial charge on any atom is -0.493 e. The fourth-order valence-electron chi connectivity index (χ4n) is 3.49. The summed E-state index contributed by atoms with van der Waals surface area (Å²) in [6, 6.07) is 9.23. The summed E-state index contributed by atoms with van der Waals surface area (Å²) >= 11 is 0. The van der Waals surface area contributed by atoms with Crippen LogP contribution in [0.5, 0.6) is 11.5 Å². The van der Waals surface area contributed by atoms with Crippen LogP contribution >= 0.6 is 0 Å². The van der Waals surface area contributed by atoms with Crippen LogP contribution in [0.2, 0.25) is 0 Å². The lowest BCUT2D eigenvalue weighted by Gasteiger charge is -2.31. The molecule has 1 fully saturated rings. The zero-order valence-corrected chi connectivity index (χ0v) is 17.2. The van der Waals surface area contributed by atoms with Crippen LogP contribution in [-0.4, -0.2) is 44.0 Å². The predicted octanol–water partition coefficient (Wildman–Crippen LogP) is 4.21. The van der Waals surface area contributed by atoms with Crippen LogP contribution in [0.15, 0.2) is 42.5 Å². The molecule has 1 aliphatic heterocycles. The first-order chi connectivity index (χ1) is 14.7. The van der Waals surface area contributed by atoms with E-state index in [0.29, 0.717) is 43.1 Å². The average Bonchev–Trinajstić information content (AvgIpc) is 2.78. The number of likely N-dealkylation sites (tertiary alicyclic amines) is 1. The molecule has 0 unspecified atom stereocenters. The molecule has 3 rings (SSSR count). The molecule has 0 bridgehead atoms. The third-order valence-electron chi connectivity index (χ3n) is 5.26. The summed E-state index contributed by atoms with van der Waals surface area (Å²) in [7, 11) is 3.03. The number of nitrogens with zero attached hydrogens (tertiary/aromatic N) is 1. The molecule has 2 amide bonds. The highest BCUT2D eigenvalue weighted by Crippen LogP contribution is 2.31. The molecule has 1 aliphatic rings. The van der Waals surface area contributed by atoms with E-state index < -0.39 is 11.7 Å². The van der Waals surface area contributed by atoms with Crippen molar-refractivity contribution >= 4 is 17.5 Å². The molecule has 6 nitrogen and oxygen atoms in total. The van der Waals surface area contributed by atoms with E-state index in [1.54, 1.807) is 23.1 Å². The van der Waals surface area contributed by atoms with Gasteiger partial charge < -0.3 is 19.7 Å². The average molecular weight is 436 g/mol. The number of amides is 2. The van der Waals surface area contributed by atoms with Crippen molar-refractivity contribution in [1.82, 2.24) is 4.90 Å². The Hall–Kier alpha value is -3.23. The van der Waals surface area contributed by atoms with Crippen LogP contribution in [0, 0.1) is 5.92 Å². The second-order valence-corrected chi connectivity index (χ2v) is 7.20. The zero-order valence-electron chi connectivity index (χ0n) is 17.2. The minimum absolute atomic E-state index is 0.158. The summed E-state index contributed by atoms with van der Waals surface area (Å²) in [5.74, 6) is 0.277. The summed E-state index contributed by atoms with van der Waals surface area (Å²) in [4.78, 5) is 26.7. The highest BCUT2D eigenvalue weighted by molar-refractivity contribution is 5.95. The van der Waals surface area contributed by atoms with Crippen molar-refractivity contribution in [3.05, 3.63) is 53.6 Å². The summed E-state index contributed by atoms with van der Waals surface area (Å²) in [5, 5.41) is 2.85. The fraction of sp³-hybridized carbons (Fsp3) is 0.364. The summed E-state index contributed by atoms with van der Waals surface area (Å²) in [6.07, 6.45) is -3.52. The molecule has 0 aliphatic carbocycles. The summed E-state index contributed by atoms with van der Waals surface area (Å²) in [6.45, 7) is 0.702. The van der Waals surface area contributed by atoms with Gasteiger partial charge in [-0.3, -0.25) is 9.59 Å². The molecule has 0 spiro atoms. The monoisotopic (exact) mass is 436 g/mol. The Bertz CT molecular complexity index is 937. The fourth-order valence-corrected chi connectivity index (χ4v) is 3.49. The van der Waals surface area contributed by atoms with E-state index in [0.717, 1.165) is 12.1 Å². The standard InChI is InChI=1S/C22H23F3N2O4/c1-30-18-8-7-17(13-19(18)31-2)26-20(28)14-9-11-27(12-10-14)21(29)15-3-5-16(6-4-15)22(23,24)25/h3-8,13-14H,9-12H2,1-2H3,(H,26,28). The SMILES string of the molecule is COc1ccc(NC(=O)C2CCN(C(=O)c3ccc(C(F)(F)F)cc3)CC2)cc1OC. The molecule has 2 aromatic carbocycles. The quantitative estimate of drug-likeness (QED) is 0.763. The minimum atomic E-state index is -4.44.